The number of benzene rings is 4. The van der Waals surface area contributed by atoms with E-state index in [4.69, 9.17) is 0 Å². The summed E-state index contributed by atoms with van der Waals surface area (Å²) in [6.45, 7) is 0.653. The molecule has 5 nitrogen and oxygen atoms in total. The van der Waals surface area contributed by atoms with E-state index in [9.17, 15) is 14.7 Å². The van der Waals surface area contributed by atoms with Gasteiger partial charge in [0.1, 0.15) is 0 Å². The van der Waals surface area contributed by atoms with Gasteiger partial charge in [0.05, 0.1) is 16.5 Å². The van der Waals surface area contributed by atoms with Crippen molar-refractivity contribution in [2.45, 2.75) is 44.2 Å². The molecule has 208 valence electrons. The maximum absolute atomic E-state index is 14.2. The van der Waals surface area contributed by atoms with Crippen molar-refractivity contribution in [3.05, 3.63) is 120 Å². The van der Waals surface area contributed by atoms with Crippen LogP contribution in [0.3, 0.4) is 0 Å². The van der Waals surface area contributed by atoms with Crippen molar-refractivity contribution in [1.29, 1.82) is 0 Å². The molecule has 0 atom stereocenters. The topological polar surface area (TPSA) is 71.3 Å². The highest BCUT2D eigenvalue weighted by molar-refractivity contribution is 6.08. The lowest BCUT2D eigenvalue weighted by Crippen LogP contribution is -2.73. The number of aliphatic carboxylic acids is 1. The van der Waals surface area contributed by atoms with Crippen LogP contribution in [0.15, 0.2) is 109 Å². The zero-order valence-corrected chi connectivity index (χ0v) is 23.3. The first-order valence-electron chi connectivity index (χ1n) is 14.8. The monoisotopic (exact) mass is 552 g/mol. The summed E-state index contributed by atoms with van der Waals surface area (Å²) in [6, 6.07) is 35.5. The fourth-order valence-corrected chi connectivity index (χ4v) is 7.80. The molecule has 4 aliphatic rings. The van der Waals surface area contributed by atoms with Gasteiger partial charge in [-0.1, -0.05) is 84.9 Å². The third kappa shape index (κ3) is 3.76. The zero-order chi connectivity index (χ0) is 28.5. The Labute approximate surface area is 244 Å². The van der Waals surface area contributed by atoms with Crippen molar-refractivity contribution in [2.24, 2.45) is 10.8 Å². The molecule has 0 unspecified atom stereocenters. The van der Waals surface area contributed by atoms with Crippen LogP contribution < -0.4 is 5.32 Å². The van der Waals surface area contributed by atoms with Gasteiger partial charge in [-0.05, 0) is 83.5 Å². The normalized spacial score (nSPS) is 23.0. The summed E-state index contributed by atoms with van der Waals surface area (Å²) in [5.41, 5.74) is 6.33. The number of nitrogens with one attached hydrogen (secondary N) is 1. The van der Waals surface area contributed by atoms with Crippen molar-refractivity contribution in [2.75, 3.05) is 0 Å². The third-order valence-electron chi connectivity index (χ3n) is 10.2. The Balaban J connectivity index is 1.14. The van der Waals surface area contributed by atoms with Gasteiger partial charge >= 0.3 is 5.97 Å². The van der Waals surface area contributed by atoms with Gasteiger partial charge in [-0.3, -0.25) is 9.59 Å². The molecule has 2 bridgehead atoms. The van der Waals surface area contributed by atoms with E-state index >= 15 is 0 Å². The van der Waals surface area contributed by atoms with Crippen molar-refractivity contribution in [3.8, 4) is 22.3 Å². The highest BCUT2D eigenvalue weighted by Crippen LogP contribution is 2.81. The number of fused-ring (bicyclic) bond motifs is 1. The molecule has 1 aromatic heterocycles. The average Bonchev–Trinajstić information content (AvgIpc) is 3.62. The van der Waals surface area contributed by atoms with E-state index in [2.05, 4.69) is 88.9 Å². The first-order valence-corrected chi connectivity index (χ1v) is 14.8. The molecular formula is C37H32N2O3. The Hall–Kier alpha value is -4.64. The van der Waals surface area contributed by atoms with Crippen LogP contribution >= 0.6 is 0 Å². The highest BCUT2D eigenvalue weighted by Gasteiger charge is 2.81. The molecule has 4 aromatic carbocycles. The summed E-state index contributed by atoms with van der Waals surface area (Å²) in [4.78, 5) is 25.9. The van der Waals surface area contributed by atoms with E-state index in [0.29, 0.717) is 31.4 Å². The summed E-state index contributed by atoms with van der Waals surface area (Å²) in [5, 5.41) is 14.1. The Bertz CT molecular complexity index is 1830. The second-order valence-electron chi connectivity index (χ2n) is 12.8. The fraction of sp³-hybridized carbons (Fsp3) is 0.243. The average molecular weight is 553 g/mol. The number of carbonyl (C=O) groups is 2. The summed E-state index contributed by atoms with van der Waals surface area (Å²) in [7, 11) is 0. The molecular weight excluding hydrogens is 520 g/mol. The fourth-order valence-electron chi connectivity index (χ4n) is 7.80. The van der Waals surface area contributed by atoms with Crippen LogP contribution in [0, 0.1) is 10.8 Å². The lowest BCUT2D eigenvalue weighted by Gasteiger charge is -2.71. The summed E-state index contributed by atoms with van der Waals surface area (Å²) < 4.78 is 2.18. The first kappa shape index (κ1) is 25.1. The van der Waals surface area contributed by atoms with Crippen molar-refractivity contribution in [1.82, 2.24) is 9.88 Å². The number of hydrogen-bond donors (Lipinski definition) is 2. The van der Waals surface area contributed by atoms with E-state index in [1.165, 1.54) is 11.1 Å². The maximum atomic E-state index is 14.2. The van der Waals surface area contributed by atoms with E-state index in [1.54, 1.807) is 0 Å². The molecule has 5 heteroatoms. The predicted octanol–water partition coefficient (Wildman–Crippen LogP) is 7.54. The predicted molar refractivity (Wildman–Crippen MR) is 164 cm³/mol. The molecule has 2 N–H and O–H groups in total. The van der Waals surface area contributed by atoms with Crippen LogP contribution in [0.1, 0.15) is 48.0 Å². The van der Waals surface area contributed by atoms with E-state index in [1.807, 2.05) is 30.3 Å². The molecule has 0 spiro atoms. The van der Waals surface area contributed by atoms with Crippen LogP contribution in [0.2, 0.25) is 0 Å². The minimum Gasteiger partial charge on any atom is -0.481 e. The minimum absolute atomic E-state index is 0.0559. The number of rotatable bonds is 8. The molecule has 42 heavy (non-hydrogen) atoms. The number of carbonyl (C=O) groups excluding carboxylic acids is 1. The van der Waals surface area contributed by atoms with Gasteiger partial charge in [0.25, 0.3) is 5.91 Å². The van der Waals surface area contributed by atoms with Gasteiger partial charge in [-0.15, -0.1) is 0 Å². The Kier molecular flexibility index (Phi) is 5.34. The van der Waals surface area contributed by atoms with Gasteiger partial charge in [0, 0.05) is 23.7 Å². The van der Waals surface area contributed by atoms with Crippen molar-refractivity contribution >= 4 is 22.8 Å². The molecule has 0 aliphatic heterocycles. The molecule has 5 aromatic rings. The standard InChI is InChI=1S/C37H32N2O3/c40-33(38-37(16-17-37)36-22-35(23-36,24-36)34(41)42)31-20-30(27-9-5-2-6-10-27)19-29-15-18-39(32(29)31)21-25-11-13-28(14-12-25)26-7-3-1-4-8-26/h1-15,18-20H,16-17,21-24H2,(H,38,40)(H,41,42). The first-order chi connectivity index (χ1) is 20.4. The van der Waals surface area contributed by atoms with Gasteiger partial charge in [0.15, 0.2) is 0 Å². The zero-order valence-electron chi connectivity index (χ0n) is 23.3. The molecule has 4 aliphatic carbocycles. The number of amides is 1. The Morgan fingerprint density at radius 3 is 1.93 bits per heavy atom. The molecule has 4 fully saturated rings. The van der Waals surface area contributed by atoms with Crippen LogP contribution in [-0.2, 0) is 11.3 Å². The maximum Gasteiger partial charge on any atom is 0.309 e. The number of carboxylic acids is 1. The molecule has 1 amide bonds. The van der Waals surface area contributed by atoms with E-state index < -0.39 is 11.4 Å². The SMILES string of the molecule is O=C(NC1(C23CC(C(=O)O)(C2)C3)CC1)c1cc(-c2ccccc2)cc2ccn(Cc3ccc(-c4ccccc4)cc3)c12. The van der Waals surface area contributed by atoms with E-state index in [0.717, 1.165) is 40.4 Å². The van der Waals surface area contributed by atoms with Crippen LogP contribution in [0.5, 0.6) is 0 Å². The van der Waals surface area contributed by atoms with Gasteiger partial charge in [-0.25, -0.2) is 0 Å². The molecule has 9 rings (SSSR count). The highest BCUT2D eigenvalue weighted by atomic mass is 16.4. The number of aromatic nitrogens is 1. The Morgan fingerprint density at radius 1 is 0.738 bits per heavy atom. The van der Waals surface area contributed by atoms with Crippen molar-refractivity contribution < 1.29 is 14.7 Å². The van der Waals surface area contributed by atoms with Gasteiger partial charge in [-0.2, -0.15) is 0 Å². The number of nitrogens with zero attached hydrogens (tertiary/aromatic N) is 1. The quantitative estimate of drug-likeness (QED) is 0.209. The van der Waals surface area contributed by atoms with Crippen LogP contribution in [0.4, 0.5) is 0 Å². The molecule has 0 saturated heterocycles. The van der Waals surface area contributed by atoms with Crippen LogP contribution in [0.25, 0.3) is 33.2 Å². The summed E-state index contributed by atoms with van der Waals surface area (Å²) in [6.07, 6.45) is 5.97. The lowest BCUT2D eigenvalue weighted by molar-refractivity contribution is -0.236. The number of hydrogen-bond acceptors (Lipinski definition) is 2. The smallest absolute Gasteiger partial charge is 0.309 e. The van der Waals surface area contributed by atoms with Crippen LogP contribution in [-0.4, -0.2) is 27.1 Å². The second kappa shape index (κ2) is 8.93. The largest absolute Gasteiger partial charge is 0.481 e. The van der Waals surface area contributed by atoms with Crippen molar-refractivity contribution in [3.63, 3.8) is 0 Å². The lowest BCUT2D eigenvalue weighted by atomic mass is 9.32. The third-order valence-corrected chi connectivity index (χ3v) is 10.2. The number of carboxylic acid groups (broad SMARTS) is 1. The van der Waals surface area contributed by atoms with Gasteiger partial charge in [0.2, 0.25) is 0 Å². The molecule has 1 heterocycles. The minimum atomic E-state index is -0.682. The van der Waals surface area contributed by atoms with E-state index in [-0.39, 0.29) is 16.9 Å². The molecule has 0 radical (unpaired) electrons. The summed E-state index contributed by atoms with van der Waals surface area (Å²) >= 11 is 0. The van der Waals surface area contributed by atoms with Gasteiger partial charge < -0.3 is 15.0 Å². The second-order valence-corrected chi connectivity index (χ2v) is 12.8. The Morgan fingerprint density at radius 2 is 1.33 bits per heavy atom. The summed E-state index contributed by atoms with van der Waals surface area (Å²) in [5.74, 6) is -0.748. The molecule has 4 saturated carbocycles.